The third-order valence-corrected chi connectivity index (χ3v) is 3.78. The fraction of sp³-hybridized carbons (Fsp3) is 0.571. The summed E-state index contributed by atoms with van der Waals surface area (Å²) in [5.74, 6) is 0.774. The van der Waals surface area contributed by atoms with Crippen LogP contribution in [0, 0.1) is 11.7 Å². The molecule has 1 nitrogen and oxygen atoms in total. The molecule has 2 rings (SSSR count). The van der Waals surface area contributed by atoms with Crippen molar-refractivity contribution in [2.75, 3.05) is 6.54 Å². The second-order valence-corrected chi connectivity index (χ2v) is 5.79. The summed E-state index contributed by atoms with van der Waals surface area (Å²) < 4.78 is 14.6. The molecule has 0 saturated heterocycles. The Balaban J connectivity index is 1.99. The molecule has 0 aliphatic heterocycles. The molecule has 0 aromatic heterocycles. The van der Waals surface area contributed by atoms with E-state index in [0.717, 1.165) is 28.9 Å². The number of hydrogen-bond acceptors (Lipinski definition) is 1. The van der Waals surface area contributed by atoms with Crippen molar-refractivity contribution in [1.29, 1.82) is 0 Å². The quantitative estimate of drug-likeness (QED) is 0.840. The second-order valence-electron chi connectivity index (χ2n) is 4.87. The van der Waals surface area contributed by atoms with Crippen LogP contribution in [-0.2, 0) is 6.42 Å². The second kappa shape index (κ2) is 5.96. The van der Waals surface area contributed by atoms with Crippen molar-refractivity contribution >= 4 is 15.9 Å². The average Bonchev–Trinajstić information content (AvgIpc) is 3.06. The lowest BCUT2D eigenvalue weighted by Gasteiger charge is -2.18. The van der Waals surface area contributed by atoms with Crippen LogP contribution in [0.4, 0.5) is 4.39 Å². The van der Waals surface area contributed by atoms with Crippen LogP contribution in [-0.4, -0.2) is 12.6 Å². The Morgan fingerprint density at radius 2 is 2.24 bits per heavy atom. The highest BCUT2D eigenvalue weighted by atomic mass is 79.9. The van der Waals surface area contributed by atoms with E-state index in [9.17, 15) is 4.39 Å². The molecule has 94 valence electrons. The lowest BCUT2D eigenvalue weighted by molar-refractivity contribution is 0.457. The van der Waals surface area contributed by atoms with E-state index in [1.54, 1.807) is 6.07 Å². The molecule has 1 atom stereocenters. The van der Waals surface area contributed by atoms with E-state index < -0.39 is 0 Å². The molecular formula is C14H19BrFN. The molecule has 1 aromatic rings. The molecule has 1 aliphatic carbocycles. The van der Waals surface area contributed by atoms with Crippen molar-refractivity contribution in [3.8, 4) is 0 Å². The minimum Gasteiger partial charge on any atom is -0.314 e. The van der Waals surface area contributed by atoms with Crippen LogP contribution in [0.2, 0.25) is 0 Å². The third kappa shape index (κ3) is 4.07. The van der Waals surface area contributed by atoms with Gasteiger partial charge in [-0.25, -0.2) is 4.39 Å². The molecule has 0 spiro atoms. The molecule has 1 aliphatic rings. The summed E-state index contributed by atoms with van der Waals surface area (Å²) in [5, 5.41) is 3.47. The minimum atomic E-state index is -0.0990. The largest absolute Gasteiger partial charge is 0.314 e. The van der Waals surface area contributed by atoms with Gasteiger partial charge in [-0.3, -0.25) is 0 Å². The van der Waals surface area contributed by atoms with Crippen LogP contribution in [0.25, 0.3) is 0 Å². The lowest BCUT2D eigenvalue weighted by atomic mass is 10.0. The molecule has 17 heavy (non-hydrogen) atoms. The van der Waals surface area contributed by atoms with E-state index in [0.29, 0.717) is 6.04 Å². The topological polar surface area (TPSA) is 12.0 Å². The summed E-state index contributed by atoms with van der Waals surface area (Å²) in [4.78, 5) is 0. The van der Waals surface area contributed by atoms with Gasteiger partial charge in [0.1, 0.15) is 5.82 Å². The summed E-state index contributed by atoms with van der Waals surface area (Å²) in [5.41, 5.74) is 0.819. The highest BCUT2D eigenvalue weighted by Crippen LogP contribution is 2.34. The molecule has 0 bridgehead atoms. The minimum absolute atomic E-state index is 0.0990. The van der Waals surface area contributed by atoms with Crippen molar-refractivity contribution in [1.82, 2.24) is 5.32 Å². The first-order valence-electron chi connectivity index (χ1n) is 6.36. The average molecular weight is 300 g/mol. The van der Waals surface area contributed by atoms with Crippen LogP contribution < -0.4 is 5.32 Å². The number of rotatable bonds is 6. The molecule has 0 radical (unpaired) electrons. The molecule has 1 aromatic carbocycles. The number of benzene rings is 1. The van der Waals surface area contributed by atoms with Gasteiger partial charge in [-0.15, -0.1) is 0 Å². The zero-order valence-electron chi connectivity index (χ0n) is 10.2. The fourth-order valence-electron chi connectivity index (χ4n) is 2.24. The smallest absolute Gasteiger partial charge is 0.127 e. The first-order valence-corrected chi connectivity index (χ1v) is 7.15. The van der Waals surface area contributed by atoms with Gasteiger partial charge in [0, 0.05) is 10.5 Å². The van der Waals surface area contributed by atoms with Crippen molar-refractivity contribution in [3.05, 3.63) is 34.1 Å². The predicted octanol–water partition coefficient (Wildman–Crippen LogP) is 3.91. The van der Waals surface area contributed by atoms with Gasteiger partial charge in [-0.05, 0) is 43.0 Å². The van der Waals surface area contributed by atoms with Gasteiger partial charge in [0.15, 0.2) is 0 Å². The van der Waals surface area contributed by atoms with E-state index in [2.05, 4.69) is 28.2 Å². The van der Waals surface area contributed by atoms with E-state index in [4.69, 9.17) is 0 Å². The van der Waals surface area contributed by atoms with Crippen molar-refractivity contribution in [3.63, 3.8) is 0 Å². The summed E-state index contributed by atoms with van der Waals surface area (Å²) >= 11 is 3.29. The third-order valence-electron chi connectivity index (χ3n) is 3.29. The van der Waals surface area contributed by atoms with Gasteiger partial charge >= 0.3 is 0 Å². The molecular weight excluding hydrogens is 281 g/mol. The maximum Gasteiger partial charge on any atom is 0.127 e. The lowest BCUT2D eigenvalue weighted by Crippen LogP contribution is -2.31. The fourth-order valence-corrected chi connectivity index (χ4v) is 2.57. The Morgan fingerprint density at radius 3 is 2.82 bits per heavy atom. The van der Waals surface area contributed by atoms with Crippen molar-refractivity contribution in [2.45, 2.75) is 38.6 Å². The molecule has 1 saturated carbocycles. The Labute approximate surface area is 111 Å². The Morgan fingerprint density at radius 1 is 1.47 bits per heavy atom. The zero-order chi connectivity index (χ0) is 12.3. The Bertz CT molecular complexity index is 376. The number of nitrogens with one attached hydrogen (secondary N) is 1. The van der Waals surface area contributed by atoms with E-state index >= 15 is 0 Å². The van der Waals surface area contributed by atoms with Crippen LogP contribution in [0.3, 0.4) is 0 Å². The van der Waals surface area contributed by atoms with E-state index in [1.807, 2.05) is 12.1 Å². The first kappa shape index (κ1) is 13.0. The number of likely N-dealkylation sites (N-methyl/N-ethyl adjacent to an activating group) is 1. The normalized spacial score (nSPS) is 17.1. The maximum absolute atomic E-state index is 13.7. The predicted molar refractivity (Wildman–Crippen MR) is 72.6 cm³/mol. The van der Waals surface area contributed by atoms with Gasteiger partial charge in [-0.1, -0.05) is 41.8 Å². The van der Waals surface area contributed by atoms with Gasteiger partial charge in [0.05, 0.1) is 0 Å². The van der Waals surface area contributed by atoms with Crippen LogP contribution >= 0.6 is 15.9 Å². The summed E-state index contributed by atoms with van der Waals surface area (Å²) in [6.45, 7) is 3.06. The Kier molecular flexibility index (Phi) is 4.57. The van der Waals surface area contributed by atoms with Gasteiger partial charge in [-0.2, -0.15) is 0 Å². The zero-order valence-corrected chi connectivity index (χ0v) is 11.8. The van der Waals surface area contributed by atoms with Crippen LogP contribution in [0.15, 0.2) is 22.7 Å². The van der Waals surface area contributed by atoms with Gasteiger partial charge < -0.3 is 5.32 Å². The monoisotopic (exact) mass is 299 g/mol. The molecule has 3 heteroatoms. The highest BCUT2D eigenvalue weighted by molar-refractivity contribution is 9.10. The molecule has 1 fully saturated rings. The van der Waals surface area contributed by atoms with Crippen LogP contribution in [0.1, 0.15) is 31.7 Å². The standard InChI is InChI=1S/C14H19BrFN/c1-2-17-13(7-10-3-4-10)8-11-5-6-12(15)9-14(11)16/h5-6,9-10,13,17H,2-4,7-8H2,1H3. The first-order chi connectivity index (χ1) is 8.19. The van der Waals surface area contributed by atoms with Crippen LogP contribution in [0.5, 0.6) is 0 Å². The highest BCUT2D eigenvalue weighted by Gasteiger charge is 2.25. The number of hydrogen-bond donors (Lipinski definition) is 1. The summed E-state index contributed by atoms with van der Waals surface area (Å²) in [6.07, 6.45) is 4.68. The molecule has 0 amide bonds. The van der Waals surface area contributed by atoms with Gasteiger partial charge in [0.25, 0.3) is 0 Å². The SMILES string of the molecule is CCNC(Cc1ccc(Br)cc1F)CC1CC1. The molecule has 1 unspecified atom stereocenters. The maximum atomic E-state index is 13.7. The van der Waals surface area contributed by atoms with E-state index in [1.165, 1.54) is 19.3 Å². The summed E-state index contributed by atoms with van der Waals surface area (Å²) in [6, 6.07) is 5.77. The summed E-state index contributed by atoms with van der Waals surface area (Å²) in [7, 11) is 0. The molecule has 0 heterocycles. The molecule has 1 N–H and O–H groups in total. The van der Waals surface area contributed by atoms with Gasteiger partial charge in [0.2, 0.25) is 0 Å². The van der Waals surface area contributed by atoms with Crippen molar-refractivity contribution < 1.29 is 4.39 Å². The van der Waals surface area contributed by atoms with Crippen molar-refractivity contribution in [2.24, 2.45) is 5.92 Å². The number of halogens is 2. The van der Waals surface area contributed by atoms with E-state index in [-0.39, 0.29) is 5.82 Å². The Hall–Kier alpha value is -0.410.